The van der Waals surface area contributed by atoms with Gasteiger partial charge in [-0.05, 0) is 120 Å². The van der Waals surface area contributed by atoms with Crippen LogP contribution < -0.4 is 16.0 Å². The smallest absolute Gasteiger partial charge is 0.382 e. The van der Waals surface area contributed by atoms with Gasteiger partial charge in [0.1, 0.15) is 72.1 Å². The third kappa shape index (κ3) is 21.2. The lowest BCUT2D eigenvalue weighted by Gasteiger charge is -2.42. The first kappa shape index (κ1) is 88.4. The van der Waals surface area contributed by atoms with E-state index in [1.165, 1.54) is 52.1 Å². The van der Waals surface area contributed by atoms with E-state index in [2.05, 4.69) is 16.0 Å². The SMILES string of the molecule is CC[C@H](C)[C@@H]1NC(=O)[C@H](COC)N(C)C(=O)C[C@@H](C(=O)N2CCOCC2)N(C)C(=O)[C@H](C2CCCC2)N(C)C(=O)C2(CCCC2)NC(=O)[C@@H]2CC(F)(F)CN2C(=O)[C@H](CCC2CC(F)C(C(F)(F)F)C(F)C2)NC(=O)CN(C)C(=O)[C@H](CC2CCC(C(F)(F)F)CC2)N2CCCCC[C@@H](C2=O)N(C)C(=O)CN(C)C1=O. The van der Waals surface area contributed by atoms with Gasteiger partial charge >= 0.3 is 12.4 Å². The van der Waals surface area contributed by atoms with Crippen LogP contribution in [0.25, 0.3) is 0 Å². The maximum Gasteiger partial charge on any atom is 0.397 e. The van der Waals surface area contributed by atoms with Gasteiger partial charge in [-0.15, -0.1) is 0 Å². The number of fused-ring (bicyclic) bond motifs is 3. The fraction of sp³-hybridized carbons (Fsp3) is 0.838. The largest absolute Gasteiger partial charge is 0.397 e. The first-order chi connectivity index (χ1) is 51.6. The summed E-state index contributed by atoms with van der Waals surface area (Å²) in [6.07, 6.45) is -17.7. The van der Waals surface area contributed by atoms with Crippen molar-refractivity contribution in [2.24, 2.45) is 35.5 Å². The molecule has 8 aliphatic rings. The van der Waals surface area contributed by atoms with Gasteiger partial charge in [-0.25, -0.2) is 17.6 Å². The van der Waals surface area contributed by atoms with Crippen LogP contribution in [0.5, 0.6) is 0 Å². The summed E-state index contributed by atoms with van der Waals surface area (Å²) in [7, 11) is 8.86. The van der Waals surface area contributed by atoms with Crippen LogP contribution >= 0.6 is 0 Å². The van der Waals surface area contributed by atoms with Gasteiger partial charge in [0.25, 0.3) is 5.92 Å². The molecule has 0 aromatic rings. The second-order valence-corrected chi connectivity index (χ2v) is 32.1. The number of amides is 12. The molecule has 110 heavy (non-hydrogen) atoms. The van der Waals surface area contributed by atoms with Crippen molar-refractivity contribution in [1.29, 1.82) is 0 Å². The average molecular weight is 1580 g/mol. The number of carbonyl (C=O) groups is 12. The van der Waals surface area contributed by atoms with Crippen LogP contribution in [-0.4, -0.2) is 308 Å². The maximum absolute atomic E-state index is 16.3. The van der Waals surface area contributed by atoms with Crippen LogP contribution in [0.4, 0.5) is 43.9 Å². The van der Waals surface area contributed by atoms with Crippen LogP contribution in [0, 0.1) is 35.5 Å². The number of methoxy groups -OCH3 is 1. The van der Waals surface area contributed by atoms with Crippen molar-refractivity contribution >= 4 is 70.9 Å². The maximum atomic E-state index is 16.3. The first-order valence-corrected chi connectivity index (χ1v) is 38.9. The van der Waals surface area contributed by atoms with Crippen LogP contribution in [0.2, 0.25) is 0 Å². The zero-order valence-corrected chi connectivity index (χ0v) is 64.6. The lowest BCUT2D eigenvalue weighted by molar-refractivity contribution is -0.219. The molecule has 2 bridgehead atoms. The van der Waals surface area contributed by atoms with Crippen molar-refractivity contribution in [2.75, 3.05) is 108 Å². The fourth-order valence-electron chi connectivity index (χ4n) is 17.7. The summed E-state index contributed by atoms with van der Waals surface area (Å²) >= 11 is 0. The Morgan fingerprint density at radius 3 is 1.81 bits per heavy atom. The summed E-state index contributed by atoms with van der Waals surface area (Å²) in [5.41, 5.74) is -1.95. The Bertz CT molecular complexity index is 3270. The molecule has 0 radical (unpaired) electrons. The summed E-state index contributed by atoms with van der Waals surface area (Å²) in [4.78, 5) is 191. The summed E-state index contributed by atoms with van der Waals surface area (Å²) in [5.74, 6) is -22.8. The molecule has 12 amide bonds. The minimum atomic E-state index is -5.28. The number of halogens is 10. The Labute approximate surface area is 636 Å². The normalized spacial score (nSPS) is 32.2. The van der Waals surface area contributed by atoms with Crippen molar-refractivity contribution < 1.29 is 111 Å². The highest BCUT2D eigenvalue weighted by Crippen LogP contribution is 2.46. The van der Waals surface area contributed by atoms with E-state index in [9.17, 15) is 55.1 Å². The van der Waals surface area contributed by atoms with Crippen molar-refractivity contribution in [2.45, 2.75) is 252 Å². The van der Waals surface area contributed by atoms with E-state index in [4.69, 9.17) is 9.47 Å². The molecular formula is C74H112F10N12O14. The highest BCUT2D eigenvalue weighted by atomic mass is 19.4. The molecule has 4 aliphatic carbocycles. The van der Waals surface area contributed by atoms with Gasteiger partial charge in [-0.3, -0.25) is 57.5 Å². The van der Waals surface area contributed by atoms with Crippen LogP contribution in [0.3, 0.4) is 0 Å². The number of nitrogens with one attached hydrogen (secondary N) is 3. The predicted molar refractivity (Wildman–Crippen MR) is 376 cm³/mol. The molecule has 26 nitrogen and oxygen atoms in total. The van der Waals surface area contributed by atoms with E-state index in [-0.39, 0.29) is 110 Å². The summed E-state index contributed by atoms with van der Waals surface area (Å²) in [6.45, 7) is -0.0812. The van der Waals surface area contributed by atoms with Gasteiger partial charge in [0.15, 0.2) is 0 Å². The Hall–Kier alpha value is -7.14. The van der Waals surface area contributed by atoms with Gasteiger partial charge in [0, 0.05) is 75.5 Å². The average Bonchev–Trinajstić information content (AvgIpc) is 1.57. The molecule has 0 aromatic carbocycles. The Kier molecular flexibility index (Phi) is 30.3. The van der Waals surface area contributed by atoms with Gasteiger partial charge in [-0.2, -0.15) is 26.3 Å². The minimum absolute atomic E-state index is 0.0123. The van der Waals surface area contributed by atoms with Crippen molar-refractivity contribution in [3.8, 4) is 0 Å². The molecule has 8 rings (SSSR count). The van der Waals surface area contributed by atoms with E-state index in [1.807, 2.05) is 0 Å². The zero-order chi connectivity index (χ0) is 81.2. The monoisotopic (exact) mass is 1580 g/mol. The van der Waals surface area contributed by atoms with Gasteiger partial charge in [-0.1, -0.05) is 58.8 Å². The Morgan fingerprint density at radius 2 is 1.22 bits per heavy atom. The molecule has 36 heteroatoms. The molecule has 8 fully saturated rings. The van der Waals surface area contributed by atoms with Gasteiger partial charge in [0.05, 0.1) is 51.8 Å². The number of morpholine rings is 1. The highest BCUT2D eigenvalue weighted by Gasteiger charge is 2.57. The van der Waals surface area contributed by atoms with Crippen LogP contribution in [-0.2, 0) is 67.0 Å². The number of carbonyl (C=O) groups excluding carboxylic acids is 12. The number of nitrogens with zero attached hydrogens (tertiary/aromatic N) is 9. The molecule has 4 aliphatic heterocycles. The molecule has 0 aromatic heterocycles. The topological polar surface area (TPSA) is 289 Å². The van der Waals surface area contributed by atoms with E-state index in [0.29, 0.717) is 43.4 Å². The van der Waals surface area contributed by atoms with E-state index in [1.54, 1.807) is 13.8 Å². The Balaban J connectivity index is 1.21. The molecule has 4 heterocycles. The standard InChI is InChI=1S/C74H112F10N12O14/c1-10-43(2)60-68(106)89(4)40-58(99)90(5)51-20-12-11-17-29-95(67(51)105)53(36-44-21-24-47(25-22-44)73(79,80)81)65(103)88(3)39-56(97)85-50(26-23-45-34-48(75)59(49(76)35-45)74(82,83)84)64(102)96-42-72(77,78)38-54(96)63(101)87-71(27-15-16-28-71)70(108)93(8)61(46-18-13-14-19-46)69(107)92(7)52(66(104)94-30-32-110-33-31-94)37-57(98)91(6)55(41-109-9)62(100)86-60/h43-55,59-61H,10-42H2,1-9H3,(H,85,97)(H,86,100)(H,87,101)/t43-,44?,45?,47?,48?,49?,50-,51-,52-,53-,54-,55-,59?,60-,61-/m0/s1. The molecule has 3 N–H and O–H groups in total. The van der Waals surface area contributed by atoms with Crippen LogP contribution in [0.15, 0.2) is 0 Å². The molecule has 2 unspecified atom stereocenters. The van der Waals surface area contributed by atoms with Crippen molar-refractivity contribution in [3.63, 3.8) is 0 Å². The second-order valence-electron chi connectivity index (χ2n) is 32.1. The summed E-state index contributed by atoms with van der Waals surface area (Å²) in [6, 6.07) is -12.9. The van der Waals surface area contributed by atoms with Crippen molar-refractivity contribution in [3.05, 3.63) is 0 Å². The van der Waals surface area contributed by atoms with Gasteiger partial charge in [0.2, 0.25) is 70.9 Å². The molecule has 1 spiro atoms. The number of likely N-dealkylation sites (N-methyl/N-ethyl adjacent to an activating group) is 6. The molecule has 11 atom stereocenters. The highest BCUT2D eigenvalue weighted by molar-refractivity contribution is 6.01. The zero-order valence-electron chi connectivity index (χ0n) is 64.6. The minimum Gasteiger partial charge on any atom is -0.382 e. The number of alkyl halides is 10. The van der Waals surface area contributed by atoms with E-state index in [0.717, 1.165) is 36.4 Å². The Morgan fingerprint density at radius 1 is 0.609 bits per heavy atom. The van der Waals surface area contributed by atoms with E-state index >= 15 is 46.3 Å². The van der Waals surface area contributed by atoms with Crippen LogP contribution in [0.1, 0.15) is 168 Å². The fourth-order valence-corrected chi connectivity index (χ4v) is 17.7. The third-order valence-electron chi connectivity index (χ3n) is 24.6. The lowest BCUT2D eigenvalue weighted by atomic mass is 9.76. The third-order valence-corrected chi connectivity index (χ3v) is 24.6. The number of ether oxygens (including phenoxy) is 2. The second kappa shape index (κ2) is 37.7. The van der Waals surface area contributed by atoms with Crippen molar-refractivity contribution in [1.82, 2.24) is 60.0 Å². The first-order valence-electron chi connectivity index (χ1n) is 38.9. The number of hydrogen-bond acceptors (Lipinski definition) is 14. The lowest BCUT2D eigenvalue weighted by Crippen LogP contribution is -2.65. The molecular weight excluding hydrogens is 1470 g/mol. The molecule has 4 saturated heterocycles. The summed E-state index contributed by atoms with van der Waals surface area (Å²) in [5, 5.41) is 7.87. The predicted octanol–water partition coefficient (Wildman–Crippen LogP) is 5.57. The molecule has 4 saturated carbocycles. The number of rotatable bonds is 11. The quantitative estimate of drug-likeness (QED) is 0.213. The number of hydrogen-bond donors (Lipinski definition) is 3. The summed E-state index contributed by atoms with van der Waals surface area (Å²) < 4.78 is 159. The van der Waals surface area contributed by atoms with E-state index < -0.39 is 256 Å². The van der Waals surface area contributed by atoms with Gasteiger partial charge < -0.3 is 69.5 Å². The molecule has 622 valence electrons.